The molecule has 0 atom stereocenters. The zero-order valence-electron chi connectivity index (χ0n) is 9.82. The van der Waals surface area contributed by atoms with Crippen LogP contribution in [0, 0.1) is 0 Å². The lowest BCUT2D eigenvalue weighted by atomic mass is 10.3. The molecule has 16 heavy (non-hydrogen) atoms. The van der Waals surface area contributed by atoms with Crippen LogP contribution in [-0.4, -0.2) is 36.2 Å². The summed E-state index contributed by atoms with van der Waals surface area (Å²) in [6, 6.07) is 0. The van der Waals surface area contributed by atoms with E-state index in [2.05, 4.69) is 0 Å². The second-order valence-electron chi connectivity index (χ2n) is 3.10. The Labute approximate surface area is 94.5 Å². The van der Waals surface area contributed by atoms with Gasteiger partial charge in [0.15, 0.2) is 0 Å². The van der Waals surface area contributed by atoms with Crippen molar-refractivity contribution < 1.29 is 28.9 Å². The van der Waals surface area contributed by atoms with Crippen molar-refractivity contribution in [1.29, 1.82) is 0 Å². The summed E-state index contributed by atoms with van der Waals surface area (Å²) in [7, 11) is 0. The highest BCUT2D eigenvalue weighted by atomic mass is 16.9. The van der Waals surface area contributed by atoms with Gasteiger partial charge in [-0.1, -0.05) is 0 Å². The smallest absolute Gasteiger partial charge is 0.326 e. The summed E-state index contributed by atoms with van der Waals surface area (Å²) < 4.78 is 15.2. The van der Waals surface area contributed by atoms with Gasteiger partial charge in [0.2, 0.25) is 0 Å². The maximum absolute atomic E-state index is 11.3. The number of rotatable bonds is 8. The van der Waals surface area contributed by atoms with Crippen LogP contribution in [0.1, 0.15) is 33.6 Å². The van der Waals surface area contributed by atoms with Crippen molar-refractivity contribution >= 4 is 11.9 Å². The first-order chi connectivity index (χ1) is 7.43. The topological polar surface area (TPSA) is 82.1 Å². The Kier molecular flexibility index (Phi) is 6.67. The van der Waals surface area contributed by atoms with Gasteiger partial charge >= 0.3 is 17.9 Å². The minimum atomic E-state index is -1.43. The van der Waals surface area contributed by atoms with Gasteiger partial charge in [-0.05, 0) is 13.8 Å². The lowest BCUT2D eigenvalue weighted by Gasteiger charge is -2.27. The molecule has 0 saturated heterocycles. The van der Waals surface area contributed by atoms with E-state index in [9.17, 15) is 9.59 Å². The van der Waals surface area contributed by atoms with Gasteiger partial charge in [0, 0.05) is 6.92 Å². The molecule has 1 N–H and O–H groups in total. The molecule has 0 amide bonds. The van der Waals surface area contributed by atoms with Crippen LogP contribution in [0.4, 0.5) is 0 Å². The molecule has 0 aromatic carbocycles. The summed E-state index contributed by atoms with van der Waals surface area (Å²) >= 11 is 0. The van der Waals surface area contributed by atoms with E-state index in [1.165, 1.54) is 6.92 Å². The fourth-order valence-electron chi connectivity index (χ4n) is 1.09. The molecule has 0 spiro atoms. The van der Waals surface area contributed by atoms with Gasteiger partial charge in [0.25, 0.3) is 0 Å². The fourth-order valence-corrected chi connectivity index (χ4v) is 1.09. The number of hydrogen-bond donors (Lipinski definition) is 1. The number of hydrogen-bond acceptors (Lipinski definition) is 5. The van der Waals surface area contributed by atoms with Gasteiger partial charge in [-0.2, -0.15) is 0 Å². The molecule has 6 heteroatoms. The van der Waals surface area contributed by atoms with E-state index >= 15 is 0 Å². The summed E-state index contributed by atoms with van der Waals surface area (Å²) in [6.45, 7) is 5.59. The highest BCUT2D eigenvalue weighted by Gasteiger charge is 2.30. The van der Waals surface area contributed by atoms with Gasteiger partial charge in [-0.25, -0.2) is 0 Å². The first kappa shape index (κ1) is 14.9. The van der Waals surface area contributed by atoms with Crippen molar-refractivity contribution in [2.24, 2.45) is 0 Å². The van der Waals surface area contributed by atoms with Crippen LogP contribution in [0.15, 0.2) is 0 Å². The van der Waals surface area contributed by atoms with Crippen molar-refractivity contribution in [2.75, 3.05) is 13.2 Å². The highest BCUT2D eigenvalue weighted by molar-refractivity contribution is 5.76. The number of carbonyl (C=O) groups excluding carboxylic acids is 1. The zero-order chi connectivity index (χ0) is 12.6. The van der Waals surface area contributed by atoms with Crippen LogP contribution in [0.5, 0.6) is 0 Å². The Hall–Kier alpha value is -1.14. The third-order valence-electron chi connectivity index (χ3n) is 1.66. The Bertz CT molecular complexity index is 231. The third kappa shape index (κ3) is 6.36. The average molecular weight is 234 g/mol. The predicted octanol–water partition coefficient (Wildman–Crippen LogP) is 1.14. The molecular weight excluding hydrogens is 216 g/mol. The van der Waals surface area contributed by atoms with E-state index in [1.807, 2.05) is 0 Å². The van der Waals surface area contributed by atoms with Crippen LogP contribution in [-0.2, 0) is 23.8 Å². The van der Waals surface area contributed by atoms with E-state index in [0.29, 0.717) is 13.2 Å². The van der Waals surface area contributed by atoms with Crippen LogP contribution < -0.4 is 0 Å². The second-order valence-corrected chi connectivity index (χ2v) is 3.10. The molecule has 0 radical (unpaired) electrons. The number of carbonyl (C=O) groups is 2. The van der Waals surface area contributed by atoms with Crippen LogP contribution in [0.3, 0.4) is 0 Å². The maximum Gasteiger partial charge on any atom is 0.326 e. The zero-order valence-corrected chi connectivity index (χ0v) is 9.82. The van der Waals surface area contributed by atoms with Gasteiger partial charge < -0.3 is 19.3 Å². The van der Waals surface area contributed by atoms with Crippen LogP contribution >= 0.6 is 0 Å². The Morgan fingerprint density at radius 3 is 2.00 bits per heavy atom. The molecule has 0 aromatic rings. The average Bonchev–Trinajstić information content (AvgIpc) is 2.15. The largest absolute Gasteiger partial charge is 0.481 e. The minimum absolute atomic E-state index is 0.203. The Morgan fingerprint density at radius 1 is 1.12 bits per heavy atom. The van der Waals surface area contributed by atoms with Gasteiger partial charge in [0.1, 0.15) is 0 Å². The molecule has 0 fully saturated rings. The lowest BCUT2D eigenvalue weighted by Crippen LogP contribution is -2.38. The Balaban J connectivity index is 4.17. The lowest BCUT2D eigenvalue weighted by molar-refractivity contribution is -0.349. The van der Waals surface area contributed by atoms with E-state index in [0.717, 1.165) is 0 Å². The number of esters is 1. The van der Waals surface area contributed by atoms with E-state index < -0.39 is 17.9 Å². The predicted molar refractivity (Wildman–Crippen MR) is 54.6 cm³/mol. The molecule has 6 nitrogen and oxygen atoms in total. The van der Waals surface area contributed by atoms with E-state index in [4.69, 9.17) is 19.3 Å². The second kappa shape index (κ2) is 7.19. The highest BCUT2D eigenvalue weighted by Crippen LogP contribution is 2.15. The molecule has 0 saturated carbocycles. The van der Waals surface area contributed by atoms with Gasteiger partial charge in [-0.3, -0.25) is 9.59 Å². The molecule has 0 bridgehead atoms. The molecular formula is C10H18O6. The molecule has 0 heterocycles. The Morgan fingerprint density at radius 2 is 1.62 bits per heavy atom. The van der Waals surface area contributed by atoms with Gasteiger partial charge in [0.05, 0.1) is 26.1 Å². The van der Waals surface area contributed by atoms with Crippen LogP contribution in [0.2, 0.25) is 0 Å². The summed E-state index contributed by atoms with van der Waals surface area (Å²) in [5.74, 6) is -3.14. The van der Waals surface area contributed by atoms with Crippen molar-refractivity contribution in [3.8, 4) is 0 Å². The summed E-state index contributed by atoms with van der Waals surface area (Å²) in [4.78, 5) is 21.5. The summed E-state index contributed by atoms with van der Waals surface area (Å²) in [6.07, 6.45) is -0.474. The minimum Gasteiger partial charge on any atom is -0.481 e. The standard InChI is InChI=1S/C10H18O6/c1-4-14-10(3,15-5-2)16-9(13)7-6-8(11)12/h4-7H2,1-3H3,(H,11,12). The molecule has 0 aliphatic heterocycles. The van der Waals surface area contributed by atoms with Crippen molar-refractivity contribution in [2.45, 2.75) is 39.6 Å². The third-order valence-corrected chi connectivity index (χ3v) is 1.66. The molecule has 0 unspecified atom stereocenters. The first-order valence-electron chi connectivity index (χ1n) is 5.15. The normalized spacial score (nSPS) is 11.2. The molecule has 0 rings (SSSR count). The SMILES string of the molecule is CCOC(C)(OCC)OC(=O)CCC(=O)O. The quantitative estimate of drug-likeness (QED) is 0.501. The number of carboxylic acids is 1. The number of ether oxygens (including phenoxy) is 3. The number of aliphatic carboxylic acids is 1. The van der Waals surface area contributed by atoms with Crippen LogP contribution in [0.25, 0.3) is 0 Å². The van der Waals surface area contributed by atoms with Crippen molar-refractivity contribution in [1.82, 2.24) is 0 Å². The summed E-state index contributed by atoms with van der Waals surface area (Å²) in [5, 5.41) is 8.40. The van der Waals surface area contributed by atoms with Crippen molar-refractivity contribution in [3.63, 3.8) is 0 Å². The fraction of sp³-hybridized carbons (Fsp3) is 0.800. The molecule has 94 valence electrons. The van der Waals surface area contributed by atoms with Crippen molar-refractivity contribution in [3.05, 3.63) is 0 Å². The maximum atomic E-state index is 11.3. The molecule has 0 aliphatic carbocycles. The van der Waals surface area contributed by atoms with E-state index in [1.54, 1.807) is 13.8 Å². The summed E-state index contributed by atoms with van der Waals surface area (Å²) in [5.41, 5.74) is 0. The molecule has 0 aromatic heterocycles. The first-order valence-corrected chi connectivity index (χ1v) is 5.15. The molecule has 0 aliphatic rings. The number of carboxylic acid groups (broad SMARTS) is 1. The van der Waals surface area contributed by atoms with E-state index in [-0.39, 0.29) is 12.8 Å². The monoisotopic (exact) mass is 234 g/mol. The van der Waals surface area contributed by atoms with Gasteiger partial charge in [-0.15, -0.1) is 0 Å².